The van der Waals surface area contributed by atoms with Gasteiger partial charge < -0.3 is 15.2 Å². The SMILES string of the molecule is CC1(C)SC2C(NC(=O)c3ncc[nH]3)C(=O)N2C1c1nnn[nH]1. The van der Waals surface area contributed by atoms with Gasteiger partial charge in [-0.05, 0) is 24.3 Å². The number of hydrogen-bond donors (Lipinski definition) is 3. The molecule has 23 heavy (non-hydrogen) atoms. The molecule has 0 aliphatic carbocycles. The first-order chi connectivity index (χ1) is 11.0. The van der Waals surface area contributed by atoms with Crippen LogP contribution in [0.1, 0.15) is 36.3 Å². The van der Waals surface area contributed by atoms with E-state index in [0.717, 1.165) is 0 Å². The molecule has 0 aromatic carbocycles. The highest BCUT2D eigenvalue weighted by atomic mass is 32.2. The lowest BCUT2D eigenvalue weighted by molar-refractivity contribution is -0.148. The second-order valence-electron chi connectivity index (χ2n) is 5.94. The fourth-order valence-corrected chi connectivity index (χ4v) is 4.71. The van der Waals surface area contributed by atoms with Crippen molar-refractivity contribution >= 4 is 23.6 Å². The van der Waals surface area contributed by atoms with E-state index in [0.29, 0.717) is 5.82 Å². The zero-order chi connectivity index (χ0) is 16.2. The summed E-state index contributed by atoms with van der Waals surface area (Å²) in [6.07, 6.45) is 3.05. The number of aromatic nitrogens is 6. The Morgan fingerprint density at radius 3 is 2.96 bits per heavy atom. The van der Waals surface area contributed by atoms with Gasteiger partial charge in [0.15, 0.2) is 11.6 Å². The van der Waals surface area contributed by atoms with Crippen LogP contribution in [0.4, 0.5) is 0 Å². The molecule has 2 amide bonds. The van der Waals surface area contributed by atoms with E-state index in [1.54, 1.807) is 22.9 Å². The molecule has 3 unspecified atom stereocenters. The number of nitrogens with zero attached hydrogens (tertiary/aromatic N) is 5. The highest BCUT2D eigenvalue weighted by molar-refractivity contribution is 8.01. The number of aromatic amines is 2. The number of β-lactam (4-membered cyclic amide) rings is 1. The summed E-state index contributed by atoms with van der Waals surface area (Å²) in [4.78, 5) is 33.0. The number of H-pyrrole nitrogens is 2. The predicted molar refractivity (Wildman–Crippen MR) is 79.1 cm³/mol. The van der Waals surface area contributed by atoms with E-state index in [1.165, 1.54) is 6.20 Å². The second-order valence-corrected chi connectivity index (χ2v) is 7.71. The largest absolute Gasteiger partial charge is 0.341 e. The average molecular weight is 334 g/mol. The van der Waals surface area contributed by atoms with Gasteiger partial charge in [-0.1, -0.05) is 0 Å². The standard InChI is InChI=1S/C12H14N8O2S/c1-12(2)6(7-16-18-19-17-7)20-10(22)5(11(20)23-12)15-9(21)8-13-3-4-14-8/h3-6,11H,1-2H3,(H,13,14)(H,15,21)(H,16,17,18,19). The molecule has 120 valence electrons. The molecular weight excluding hydrogens is 320 g/mol. The van der Waals surface area contributed by atoms with Crippen molar-refractivity contribution < 1.29 is 9.59 Å². The summed E-state index contributed by atoms with van der Waals surface area (Å²) < 4.78 is -0.272. The molecule has 2 aromatic rings. The topological polar surface area (TPSA) is 133 Å². The predicted octanol–water partition coefficient (Wildman–Crippen LogP) is -0.544. The Hall–Kier alpha value is -2.43. The van der Waals surface area contributed by atoms with Crippen LogP contribution < -0.4 is 5.32 Å². The normalized spacial score (nSPS) is 28.3. The molecule has 2 fully saturated rings. The molecule has 11 heteroatoms. The lowest BCUT2D eigenvalue weighted by atomic mass is 9.95. The van der Waals surface area contributed by atoms with Crippen molar-refractivity contribution in [2.24, 2.45) is 0 Å². The molecule has 2 aliphatic rings. The van der Waals surface area contributed by atoms with Gasteiger partial charge in [-0.2, -0.15) is 0 Å². The molecule has 4 heterocycles. The molecule has 2 aromatic heterocycles. The Kier molecular flexibility index (Phi) is 2.95. The number of carbonyl (C=O) groups is 2. The zero-order valence-corrected chi connectivity index (χ0v) is 13.2. The number of nitrogens with one attached hydrogen (secondary N) is 3. The first kappa shape index (κ1) is 14.2. The van der Waals surface area contributed by atoms with Crippen molar-refractivity contribution in [3.8, 4) is 0 Å². The maximum Gasteiger partial charge on any atom is 0.287 e. The van der Waals surface area contributed by atoms with Gasteiger partial charge in [0.2, 0.25) is 5.91 Å². The lowest BCUT2D eigenvalue weighted by Crippen LogP contribution is -2.67. The number of imidazole rings is 1. The third-order valence-electron chi connectivity index (χ3n) is 4.06. The van der Waals surface area contributed by atoms with Crippen LogP contribution in [0.3, 0.4) is 0 Å². The highest BCUT2D eigenvalue weighted by Crippen LogP contribution is 2.56. The number of amides is 2. The summed E-state index contributed by atoms with van der Waals surface area (Å²) in [6, 6.07) is -0.825. The average Bonchev–Trinajstić information content (AvgIpc) is 3.23. The van der Waals surface area contributed by atoms with Crippen molar-refractivity contribution in [2.75, 3.05) is 0 Å². The van der Waals surface area contributed by atoms with Gasteiger partial charge in [0.05, 0.1) is 0 Å². The number of rotatable bonds is 3. The van der Waals surface area contributed by atoms with E-state index in [2.05, 4.69) is 35.9 Å². The Bertz CT molecular complexity index is 743. The second kappa shape index (κ2) is 4.78. The van der Waals surface area contributed by atoms with E-state index in [9.17, 15) is 9.59 Å². The number of carbonyl (C=O) groups excluding carboxylic acids is 2. The molecule has 0 radical (unpaired) electrons. The van der Waals surface area contributed by atoms with Gasteiger partial charge >= 0.3 is 0 Å². The highest BCUT2D eigenvalue weighted by Gasteiger charge is 2.63. The first-order valence-electron chi connectivity index (χ1n) is 7.03. The Morgan fingerprint density at radius 1 is 1.48 bits per heavy atom. The molecular formula is C12H14N8O2S. The van der Waals surface area contributed by atoms with Crippen molar-refractivity contribution in [1.29, 1.82) is 0 Å². The quantitative estimate of drug-likeness (QED) is 0.642. The number of thioether (sulfide) groups is 1. The fourth-order valence-electron chi connectivity index (χ4n) is 3.07. The maximum atomic E-state index is 12.5. The Balaban J connectivity index is 1.55. The van der Waals surface area contributed by atoms with Gasteiger partial charge in [-0.25, -0.2) is 10.1 Å². The van der Waals surface area contributed by atoms with Gasteiger partial charge in [0, 0.05) is 17.1 Å². The molecule has 3 atom stereocenters. The van der Waals surface area contributed by atoms with E-state index >= 15 is 0 Å². The number of tetrazole rings is 1. The van der Waals surface area contributed by atoms with Crippen LogP contribution in [0.5, 0.6) is 0 Å². The van der Waals surface area contributed by atoms with Crippen LogP contribution in [0.15, 0.2) is 12.4 Å². The molecule has 3 N–H and O–H groups in total. The van der Waals surface area contributed by atoms with E-state index in [4.69, 9.17) is 0 Å². The lowest BCUT2D eigenvalue weighted by Gasteiger charge is -2.44. The minimum atomic E-state index is -0.572. The van der Waals surface area contributed by atoms with Crippen LogP contribution in [-0.2, 0) is 4.79 Å². The zero-order valence-electron chi connectivity index (χ0n) is 12.3. The first-order valence-corrected chi connectivity index (χ1v) is 7.91. The molecule has 0 saturated carbocycles. The van der Waals surface area contributed by atoms with Gasteiger partial charge in [-0.15, -0.1) is 16.9 Å². The molecule has 0 spiro atoms. The van der Waals surface area contributed by atoms with E-state index in [-0.39, 0.29) is 27.9 Å². The van der Waals surface area contributed by atoms with Gasteiger partial charge in [0.25, 0.3) is 5.91 Å². The number of fused-ring (bicyclic) bond motifs is 1. The minimum Gasteiger partial charge on any atom is -0.341 e. The third kappa shape index (κ3) is 2.03. The molecule has 4 rings (SSSR count). The van der Waals surface area contributed by atoms with Crippen LogP contribution in [0.2, 0.25) is 0 Å². The van der Waals surface area contributed by atoms with Gasteiger partial charge in [0.1, 0.15) is 17.5 Å². The van der Waals surface area contributed by atoms with Crippen LogP contribution in [0, 0.1) is 0 Å². The summed E-state index contributed by atoms with van der Waals surface area (Å²) >= 11 is 1.62. The Morgan fingerprint density at radius 2 is 2.30 bits per heavy atom. The third-order valence-corrected chi connectivity index (χ3v) is 5.63. The van der Waals surface area contributed by atoms with Crippen LogP contribution >= 0.6 is 11.8 Å². The van der Waals surface area contributed by atoms with Crippen LogP contribution in [-0.4, -0.2) is 63.5 Å². The van der Waals surface area contributed by atoms with Crippen LogP contribution in [0.25, 0.3) is 0 Å². The number of hydrogen-bond acceptors (Lipinski definition) is 7. The summed E-state index contributed by atoms with van der Waals surface area (Å²) in [7, 11) is 0. The van der Waals surface area contributed by atoms with E-state index in [1.807, 2.05) is 13.8 Å². The monoisotopic (exact) mass is 334 g/mol. The molecule has 2 saturated heterocycles. The fraction of sp³-hybridized carbons (Fsp3) is 0.500. The smallest absolute Gasteiger partial charge is 0.287 e. The summed E-state index contributed by atoms with van der Waals surface area (Å²) in [5, 5.41) is 16.5. The molecule has 0 bridgehead atoms. The van der Waals surface area contributed by atoms with Crippen molar-refractivity contribution in [2.45, 2.75) is 36.1 Å². The van der Waals surface area contributed by atoms with E-state index < -0.39 is 11.9 Å². The Labute approximate surface area is 134 Å². The summed E-state index contributed by atoms with van der Waals surface area (Å²) in [6.45, 7) is 4.06. The molecule has 10 nitrogen and oxygen atoms in total. The van der Waals surface area contributed by atoms with Crippen molar-refractivity contribution in [3.63, 3.8) is 0 Å². The van der Waals surface area contributed by atoms with Gasteiger partial charge in [-0.3, -0.25) is 9.59 Å². The molecule has 2 aliphatic heterocycles. The maximum absolute atomic E-state index is 12.5. The minimum absolute atomic E-state index is 0.144. The summed E-state index contributed by atoms with van der Waals surface area (Å²) in [5.41, 5.74) is 0. The van der Waals surface area contributed by atoms with Crippen molar-refractivity contribution in [3.05, 3.63) is 24.0 Å². The van der Waals surface area contributed by atoms with Crippen molar-refractivity contribution in [1.82, 2.24) is 40.8 Å². The summed E-state index contributed by atoms with van der Waals surface area (Å²) in [5.74, 6) is 0.203.